The molecule has 2 aliphatic heterocycles. The van der Waals surface area contributed by atoms with E-state index in [2.05, 4.69) is 29.9 Å². The topological polar surface area (TPSA) is 220 Å². The molecule has 0 spiro atoms. The Balaban J connectivity index is 1.39. The van der Waals surface area contributed by atoms with Crippen molar-refractivity contribution in [1.29, 1.82) is 0 Å². The summed E-state index contributed by atoms with van der Waals surface area (Å²) in [5.41, 5.74) is 5.74. The Kier molecular flexibility index (Phi) is 7.53. The van der Waals surface area contributed by atoms with Gasteiger partial charge in [-0.2, -0.15) is 4.98 Å². The largest absolute Gasteiger partial charge is 0.369 e. The summed E-state index contributed by atoms with van der Waals surface area (Å²) in [4.78, 5) is 57.1. The summed E-state index contributed by atoms with van der Waals surface area (Å²) in [6.45, 7) is -7.37. The lowest BCUT2D eigenvalue weighted by Crippen LogP contribution is -2.32. The highest BCUT2D eigenvalue weighted by molar-refractivity contribution is 8.07. The van der Waals surface area contributed by atoms with Gasteiger partial charge in [0.25, 0.3) is 5.56 Å². The predicted octanol–water partition coefficient (Wildman–Crippen LogP) is 0.720. The van der Waals surface area contributed by atoms with Crippen molar-refractivity contribution in [3.63, 3.8) is 0 Å². The van der Waals surface area contributed by atoms with Gasteiger partial charge in [-0.25, -0.2) is 24.3 Å². The zero-order chi connectivity index (χ0) is 29.1. The van der Waals surface area contributed by atoms with Gasteiger partial charge in [0.15, 0.2) is 29.2 Å². The molecule has 1 fully saturated rings. The number of ether oxygens (including phenoxy) is 1. The molecule has 0 aliphatic carbocycles. The molecule has 41 heavy (non-hydrogen) atoms. The summed E-state index contributed by atoms with van der Waals surface area (Å²) in [5.74, 6) is 0.0419. The standard InChI is InChI=1S/C19H22FN9O8P2S2/c1-8-3-33-38(31,40)34-4-10-12(20)14(18(36-10)28-7-24-13-16(28)26-19(21)27-17(13)30)37-39(32,41)35-5-11-25-9-2-22-6-23-15(9)29(8)11/h2,6-8,10,12,14,18H,3-5H2,1H3,(H,31,40)(H,32,41)(H3,21,26,27,30)/t8-,10+,12+,14+,18+,38?,39?/m0/s1. The van der Waals surface area contributed by atoms with Crippen molar-refractivity contribution in [2.24, 2.45) is 0 Å². The molecule has 0 aromatic carbocycles. The molecule has 0 saturated carbocycles. The van der Waals surface area contributed by atoms with E-state index in [9.17, 15) is 14.6 Å². The molecule has 220 valence electrons. The van der Waals surface area contributed by atoms with Crippen LogP contribution in [0, 0.1) is 0 Å². The first-order chi connectivity index (χ1) is 19.4. The molecule has 4 aromatic rings. The molecule has 6 heterocycles. The molecule has 0 amide bonds. The number of hydrogen-bond donors (Lipinski definition) is 4. The van der Waals surface area contributed by atoms with Crippen LogP contribution in [0.2, 0.25) is 0 Å². The SMILES string of the molecule is C[C@H]1COP(O)(=S)OC[C@H]2O[C@@H](n3cnc4c(=O)[nH]c(N)nc43)[C@H](OP(O)(=S)OCc3nc4cncnc4n31)[C@@H]2F. The predicted molar refractivity (Wildman–Crippen MR) is 146 cm³/mol. The van der Waals surface area contributed by atoms with E-state index in [1.54, 1.807) is 11.5 Å². The number of fused-ring (bicyclic) bond motifs is 6. The highest BCUT2D eigenvalue weighted by atomic mass is 32.5. The first-order valence-electron chi connectivity index (χ1n) is 11.9. The third-order valence-corrected chi connectivity index (χ3v) is 9.47. The van der Waals surface area contributed by atoms with Gasteiger partial charge in [-0.3, -0.25) is 18.9 Å². The molecule has 22 heteroatoms. The van der Waals surface area contributed by atoms with Gasteiger partial charge >= 0.3 is 13.4 Å². The van der Waals surface area contributed by atoms with E-state index < -0.39 is 56.3 Å². The second kappa shape index (κ2) is 10.7. The fraction of sp³-hybridized carbons (Fsp3) is 0.474. The molecule has 2 bridgehead atoms. The second-order valence-corrected chi connectivity index (χ2v) is 14.8. The lowest BCUT2D eigenvalue weighted by molar-refractivity contribution is -0.0466. The smallest absolute Gasteiger partial charge is 0.325 e. The zero-order valence-corrected chi connectivity index (χ0v) is 24.3. The number of halogens is 1. The van der Waals surface area contributed by atoms with Crippen LogP contribution in [0.4, 0.5) is 10.3 Å². The average molecular weight is 650 g/mol. The minimum atomic E-state index is -4.18. The summed E-state index contributed by atoms with van der Waals surface area (Å²) < 4.78 is 46.8. The Labute approximate surface area is 239 Å². The van der Waals surface area contributed by atoms with Crippen LogP contribution in [0.5, 0.6) is 0 Å². The summed E-state index contributed by atoms with van der Waals surface area (Å²) in [6.07, 6.45) is -2.37. The van der Waals surface area contributed by atoms with Gasteiger partial charge < -0.3 is 38.4 Å². The summed E-state index contributed by atoms with van der Waals surface area (Å²) in [7, 11) is 0. The number of aromatic nitrogens is 8. The van der Waals surface area contributed by atoms with Crippen LogP contribution in [-0.2, 0) is 53.1 Å². The number of nitrogens with zero attached hydrogens (tertiary/aromatic N) is 7. The van der Waals surface area contributed by atoms with Gasteiger partial charge in [-0.05, 0) is 30.5 Å². The molecule has 4 aromatic heterocycles. The molecule has 0 radical (unpaired) electrons. The summed E-state index contributed by atoms with van der Waals surface area (Å²) in [5, 5.41) is 0. The number of nitrogens with one attached hydrogen (secondary N) is 1. The van der Waals surface area contributed by atoms with Gasteiger partial charge in [0, 0.05) is 0 Å². The van der Waals surface area contributed by atoms with Crippen molar-refractivity contribution in [2.75, 3.05) is 18.9 Å². The van der Waals surface area contributed by atoms with Crippen molar-refractivity contribution < 1.29 is 37.0 Å². The van der Waals surface area contributed by atoms with Crippen LogP contribution in [-0.4, -0.2) is 80.4 Å². The van der Waals surface area contributed by atoms with Gasteiger partial charge in [-0.1, -0.05) is 0 Å². The van der Waals surface area contributed by atoms with E-state index in [0.29, 0.717) is 11.2 Å². The van der Waals surface area contributed by atoms with E-state index >= 15 is 4.39 Å². The lowest BCUT2D eigenvalue weighted by atomic mass is 10.1. The van der Waals surface area contributed by atoms with Crippen LogP contribution in [0.1, 0.15) is 25.0 Å². The van der Waals surface area contributed by atoms with E-state index in [-0.39, 0.29) is 36.2 Å². The number of H-pyrrole nitrogens is 1. The van der Waals surface area contributed by atoms with Gasteiger partial charge in [0.2, 0.25) is 5.95 Å². The highest BCUT2D eigenvalue weighted by Gasteiger charge is 2.50. The van der Waals surface area contributed by atoms with Crippen molar-refractivity contribution in [1.82, 2.24) is 39.0 Å². The van der Waals surface area contributed by atoms with Crippen LogP contribution >= 0.6 is 13.4 Å². The number of nitrogens with two attached hydrogens (primary N) is 1. The molecular formula is C19H22FN9O8P2S2. The van der Waals surface area contributed by atoms with Crippen LogP contribution in [0.25, 0.3) is 22.3 Å². The average Bonchev–Trinajstić information content (AvgIpc) is 3.58. The monoisotopic (exact) mass is 649 g/mol. The highest BCUT2D eigenvalue weighted by Crippen LogP contribution is 2.52. The van der Waals surface area contributed by atoms with Crippen LogP contribution in [0.3, 0.4) is 0 Å². The van der Waals surface area contributed by atoms with Crippen molar-refractivity contribution >= 4 is 65.3 Å². The molecule has 1 saturated heterocycles. The summed E-state index contributed by atoms with van der Waals surface area (Å²) >= 11 is 10.4. The number of imidazole rings is 2. The quantitative estimate of drug-likeness (QED) is 0.209. The molecule has 2 unspecified atom stereocenters. The minimum absolute atomic E-state index is 0.0420. The van der Waals surface area contributed by atoms with Crippen molar-refractivity contribution in [3.05, 3.63) is 35.0 Å². The maximum atomic E-state index is 15.9. The van der Waals surface area contributed by atoms with E-state index in [1.807, 2.05) is 0 Å². The maximum Gasteiger partial charge on any atom is 0.325 e. The Hall–Kier alpha value is -2.35. The fourth-order valence-electron chi connectivity index (χ4n) is 4.56. The summed E-state index contributed by atoms with van der Waals surface area (Å²) in [6, 6.07) is -0.502. The molecule has 5 N–H and O–H groups in total. The Morgan fingerprint density at radius 2 is 1.93 bits per heavy atom. The number of hydrogen-bond acceptors (Lipinski definition) is 14. The number of nitrogen functional groups attached to an aromatic ring is 1. The van der Waals surface area contributed by atoms with E-state index in [0.717, 1.165) is 0 Å². The molecular weight excluding hydrogens is 627 g/mol. The van der Waals surface area contributed by atoms with Gasteiger partial charge in [0.1, 0.15) is 36.5 Å². The van der Waals surface area contributed by atoms with Crippen LogP contribution in [0.15, 0.2) is 23.6 Å². The molecule has 2 aliphatic rings. The molecule has 17 nitrogen and oxygen atoms in total. The van der Waals surface area contributed by atoms with E-state index in [1.165, 1.54) is 23.4 Å². The fourth-order valence-corrected chi connectivity index (χ4v) is 7.06. The van der Waals surface area contributed by atoms with Crippen molar-refractivity contribution in [2.45, 2.75) is 44.2 Å². The number of rotatable bonds is 1. The minimum Gasteiger partial charge on any atom is -0.369 e. The van der Waals surface area contributed by atoms with Crippen molar-refractivity contribution in [3.8, 4) is 0 Å². The number of anilines is 1. The molecule has 6 rings (SSSR count). The van der Waals surface area contributed by atoms with Gasteiger partial charge in [0.05, 0.1) is 31.8 Å². The van der Waals surface area contributed by atoms with Crippen LogP contribution < -0.4 is 11.3 Å². The zero-order valence-electron chi connectivity index (χ0n) is 20.9. The first kappa shape index (κ1) is 28.8. The van der Waals surface area contributed by atoms with E-state index in [4.69, 9.17) is 52.2 Å². The Morgan fingerprint density at radius 1 is 1.15 bits per heavy atom. The third kappa shape index (κ3) is 5.57. The lowest BCUT2D eigenvalue weighted by Gasteiger charge is -2.25. The Morgan fingerprint density at radius 3 is 2.73 bits per heavy atom. The normalized spacial score (nSPS) is 33.4. The number of aromatic amines is 1. The maximum absolute atomic E-state index is 15.9. The number of alkyl halides is 1. The Bertz CT molecular complexity index is 1790. The third-order valence-electron chi connectivity index (χ3n) is 6.35. The van der Waals surface area contributed by atoms with Gasteiger partial charge in [-0.15, -0.1) is 0 Å². The molecule has 7 atom stereocenters. The second-order valence-electron chi connectivity index (χ2n) is 9.14. The first-order valence-corrected chi connectivity index (χ1v) is 17.1.